The molecule has 0 spiro atoms. The van der Waals surface area contributed by atoms with E-state index in [1.807, 2.05) is 20.8 Å². The van der Waals surface area contributed by atoms with E-state index in [2.05, 4.69) is 19.7 Å². The maximum Gasteiger partial charge on any atom is 0.412 e. The molecule has 0 saturated heterocycles. The molecule has 1 rings (SSSR count). The van der Waals surface area contributed by atoms with Gasteiger partial charge in [-0.1, -0.05) is 0 Å². The number of ether oxygens (including phenoxy) is 1. The van der Waals surface area contributed by atoms with Crippen LogP contribution >= 0.6 is 0 Å². The molecule has 0 saturated carbocycles. The van der Waals surface area contributed by atoms with Gasteiger partial charge in [0.25, 0.3) is 0 Å². The molecule has 2 N–H and O–H groups in total. The summed E-state index contributed by atoms with van der Waals surface area (Å²) < 4.78 is 4.54. The molecule has 6 nitrogen and oxygen atoms in total. The molecule has 0 bridgehead atoms. The third-order valence-electron chi connectivity index (χ3n) is 1.43. The summed E-state index contributed by atoms with van der Waals surface area (Å²) in [5.74, 6) is 0. The van der Waals surface area contributed by atoms with Gasteiger partial charge in [-0.2, -0.15) is 4.98 Å². The fraction of sp³-hybridized carbons (Fsp3) is 0.400. The van der Waals surface area contributed by atoms with E-state index in [1.54, 1.807) is 12.3 Å². The van der Waals surface area contributed by atoms with Crippen molar-refractivity contribution in [3.63, 3.8) is 0 Å². The van der Waals surface area contributed by atoms with Crippen molar-refractivity contribution in [3.8, 4) is 6.01 Å². The minimum Gasteiger partial charge on any atom is -0.374 e. The van der Waals surface area contributed by atoms with Gasteiger partial charge in [-0.3, -0.25) is 4.99 Å². The van der Waals surface area contributed by atoms with Crippen molar-refractivity contribution < 1.29 is 9.53 Å². The summed E-state index contributed by atoms with van der Waals surface area (Å²) >= 11 is 0. The number of aliphatic imine (C=N–C) groups is 1. The first-order chi connectivity index (χ1) is 7.37. The van der Waals surface area contributed by atoms with Gasteiger partial charge < -0.3 is 10.5 Å². The molecular formula is C10H14N4O2. The van der Waals surface area contributed by atoms with Crippen LogP contribution in [0.4, 0.5) is 4.79 Å². The smallest absolute Gasteiger partial charge is 0.374 e. The molecule has 0 radical (unpaired) electrons. The summed E-state index contributed by atoms with van der Waals surface area (Å²) in [5.41, 5.74) is 5.21. The van der Waals surface area contributed by atoms with Crippen LogP contribution < -0.4 is 10.5 Å². The predicted octanol–water partition coefficient (Wildman–Crippen LogP) is 1.15. The highest BCUT2D eigenvalue weighted by Crippen LogP contribution is 2.07. The lowest BCUT2D eigenvalue weighted by Gasteiger charge is -2.10. The van der Waals surface area contributed by atoms with Gasteiger partial charge in [-0.25, -0.2) is 9.78 Å². The van der Waals surface area contributed by atoms with Crippen molar-refractivity contribution in [2.75, 3.05) is 0 Å². The largest absolute Gasteiger partial charge is 0.412 e. The van der Waals surface area contributed by atoms with Crippen molar-refractivity contribution >= 4 is 12.3 Å². The lowest BCUT2D eigenvalue weighted by atomic mass is 10.1. The highest BCUT2D eigenvalue weighted by Gasteiger charge is 2.06. The van der Waals surface area contributed by atoms with Crippen molar-refractivity contribution in [1.29, 1.82) is 0 Å². The van der Waals surface area contributed by atoms with Gasteiger partial charge in [-0.05, 0) is 26.8 Å². The SMILES string of the molecule is CC(C)(C)N=Cc1ccnc(OC(N)=O)n1. The van der Waals surface area contributed by atoms with Crippen LogP contribution in [0.25, 0.3) is 0 Å². The van der Waals surface area contributed by atoms with Crippen LogP contribution in [-0.2, 0) is 0 Å². The van der Waals surface area contributed by atoms with E-state index in [1.165, 1.54) is 6.20 Å². The maximum atomic E-state index is 10.5. The van der Waals surface area contributed by atoms with E-state index in [-0.39, 0.29) is 11.5 Å². The summed E-state index contributed by atoms with van der Waals surface area (Å²) in [6, 6.07) is 1.58. The Morgan fingerprint density at radius 1 is 1.56 bits per heavy atom. The molecule has 0 aliphatic rings. The van der Waals surface area contributed by atoms with Crippen molar-refractivity contribution in [2.24, 2.45) is 10.7 Å². The zero-order valence-corrected chi connectivity index (χ0v) is 9.47. The first-order valence-corrected chi connectivity index (χ1v) is 4.72. The molecule has 0 aliphatic heterocycles. The minimum absolute atomic E-state index is 0.0784. The molecule has 0 atom stereocenters. The third kappa shape index (κ3) is 4.50. The summed E-state index contributed by atoms with van der Waals surface area (Å²) in [5, 5.41) is 0. The van der Waals surface area contributed by atoms with Crippen LogP contribution in [0.5, 0.6) is 6.01 Å². The number of hydrogen-bond acceptors (Lipinski definition) is 5. The van der Waals surface area contributed by atoms with Gasteiger partial charge in [0.1, 0.15) is 0 Å². The molecule has 1 amide bonds. The Morgan fingerprint density at radius 2 is 2.25 bits per heavy atom. The van der Waals surface area contributed by atoms with E-state index in [4.69, 9.17) is 5.73 Å². The second kappa shape index (κ2) is 4.69. The zero-order chi connectivity index (χ0) is 12.2. The molecule has 0 unspecified atom stereocenters. The van der Waals surface area contributed by atoms with Gasteiger partial charge in [-0.15, -0.1) is 0 Å². The zero-order valence-electron chi connectivity index (χ0n) is 9.47. The topological polar surface area (TPSA) is 90.5 Å². The Morgan fingerprint density at radius 3 is 2.81 bits per heavy atom. The summed E-state index contributed by atoms with van der Waals surface area (Å²) in [6.45, 7) is 5.89. The van der Waals surface area contributed by atoms with Crippen LogP contribution in [0.3, 0.4) is 0 Å². The number of hydrogen-bond donors (Lipinski definition) is 1. The Hall–Kier alpha value is -1.98. The molecule has 0 fully saturated rings. The van der Waals surface area contributed by atoms with Crippen LogP contribution in [0.1, 0.15) is 26.5 Å². The van der Waals surface area contributed by atoms with Crippen LogP contribution in [0.15, 0.2) is 17.3 Å². The average Bonchev–Trinajstić information content (AvgIpc) is 2.13. The summed E-state index contributed by atoms with van der Waals surface area (Å²) in [4.78, 5) is 22.4. The number of rotatable bonds is 2. The van der Waals surface area contributed by atoms with Crippen molar-refractivity contribution in [1.82, 2.24) is 9.97 Å². The number of carbonyl (C=O) groups excluding carboxylic acids is 1. The van der Waals surface area contributed by atoms with Gasteiger partial charge in [0.15, 0.2) is 0 Å². The number of nitrogens with two attached hydrogens (primary N) is 1. The lowest BCUT2D eigenvalue weighted by molar-refractivity contribution is 0.207. The molecule has 86 valence electrons. The second-order valence-corrected chi connectivity index (χ2v) is 4.11. The maximum absolute atomic E-state index is 10.5. The molecule has 6 heteroatoms. The van der Waals surface area contributed by atoms with Crippen molar-refractivity contribution in [2.45, 2.75) is 26.3 Å². The first-order valence-electron chi connectivity index (χ1n) is 4.72. The molecule has 16 heavy (non-hydrogen) atoms. The van der Waals surface area contributed by atoms with E-state index in [0.29, 0.717) is 5.69 Å². The van der Waals surface area contributed by atoms with E-state index < -0.39 is 6.09 Å². The number of nitrogens with zero attached hydrogens (tertiary/aromatic N) is 3. The third-order valence-corrected chi connectivity index (χ3v) is 1.43. The second-order valence-electron chi connectivity index (χ2n) is 4.11. The Kier molecular flexibility index (Phi) is 3.55. The number of aromatic nitrogens is 2. The molecule has 0 aliphatic carbocycles. The Balaban J connectivity index is 2.82. The normalized spacial score (nSPS) is 11.7. The minimum atomic E-state index is -0.940. The molecule has 1 heterocycles. The van der Waals surface area contributed by atoms with E-state index in [9.17, 15) is 4.79 Å². The van der Waals surface area contributed by atoms with E-state index in [0.717, 1.165) is 0 Å². The van der Waals surface area contributed by atoms with Gasteiger partial charge in [0.2, 0.25) is 0 Å². The highest BCUT2D eigenvalue weighted by molar-refractivity contribution is 5.77. The summed E-state index contributed by atoms with van der Waals surface area (Å²) in [7, 11) is 0. The molecule has 0 aromatic carbocycles. The Bertz CT molecular complexity index is 410. The summed E-state index contributed by atoms with van der Waals surface area (Å²) in [6.07, 6.45) is 2.12. The first kappa shape index (κ1) is 12.1. The molecule has 1 aromatic heterocycles. The van der Waals surface area contributed by atoms with Gasteiger partial charge in [0, 0.05) is 12.4 Å². The number of amides is 1. The van der Waals surface area contributed by atoms with Gasteiger partial charge in [0.05, 0.1) is 11.2 Å². The Labute approximate surface area is 93.6 Å². The standard InChI is InChI=1S/C10H14N4O2/c1-10(2,3)13-6-7-4-5-12-9(14-7)16-8(11)15/h4-6H,1-3H3,(H2,11,15). The molecule has 1 aromatic rings. The van der Waals surface area contributed by atoms with Gasteiger partial charge >= 0.3 is 12.1 Å². The fourth-order valence-electron chi connectivity index (χ4n) is 0.825. The average molecular weight is 222 g/mol. The molecular weight excluding hydrogens is 208 g/mol. The monoisotopic (exact) mass is 222 g/mol. The predicted molar refractivity (Wildman–Crippen MR) is 59.6 cm³/mol. The van der Waals surface area contributed by atoms with Crippen LogP contribution in [-0.4, -0.2) is 27.8 Å². The fourth-order valence-corrected chi connectivity index (χ4v) is 0.825. The number of carbonyl (C=O) groups is 1. The number of primary amides is 1. The van der Waals surface area contributed by atoms with Crippen LogP contribution in [0, 0.1) is 0 Å². The van der Waals surface area contributed by atoms with E-state index >= 15 is 0 Å². The quantitative estimate of drug-likeness (QED) is 0.760. The highest BCUT2D eigenvalue weighted by atomic mass is 16.6. The lowest BCUT2D eigenvalue weighted by Crippen LogP contribution is -2.18. The van der Waals surface area contributed by atoms with Crippen LogP contribution in [0.2, 0.25) is 0 Å². The van der Waals surface area contributed by atoms with Crippen molar-refractivity contribution in [3.05, 3.63) is 18.0 Å².